The van der Waals surface area contributed by atoms with E-state index in [0.29, 0.717) is 12.1 Å². The number of benzene rings is 2. The summed E-state index contributed by atoms with van der Waals surface area (Å²) in [7, 11) is 0. The summed E-state index contributed by atoms with van der Waals surface area (Å²) >= 11 is 11.2. The van der Waals surface area contributed by atoms with E-state index in [2.05, 4.69) is 15.4 Å². The van der Waals surface area contributed by atoms with E-state index in [-0.39, 0.29) is 0 Å². The van der Waals surface area contributed by atoms with E-state index in [9.17, 15) is 26.3 Å². The number of tetrazole rings is 1. The smallest absolute Gasteiger partial charge is 0.231 e. The standard InChI is InChI=1S/C18H11Cl2F7N4/c1-9(31-29-8-28-30-31)16(21,10-2-4-14(19)12(6-10)17(22,23)24)11-3-5-15(20)13(7-11)18(25,26)27/h2-9H,1H3. The van der Waals surface area contributed by atoms with Crippen LogP contribution in [0.1, 0.15) is 35.2 Å². The highest BCUT2D eigenvalue weighted by molar-refractivity contribution is 6.31. The molecule has 1 aromatic heterocycles. The Morgan fingerprint density at radius 3 is 1.61 bits per heavy atom. The SMILES string of the molecule is CC(n1ncnn1)C(F)(c1ccc(Cl)c(C(F)(F)F)c1)c1ccc(Cl)c(C(F)(F)F)c1. The molecule has 3 rings (SSSR count). The lowest BCUT2D eigenvalue weighted by Crippen LogP contribution is -2.34. The number of rotatable bonds is 4. The van der Waals surface area contributed by atoms with Crippen molar-refractivity contribution in [2.45, 2.75) is 31.0 Å². The van der Waals surface area contributed by atoms with Crippen molar-refractivity contribution in [1.82, 2.24) is 20.2 Å². The monoisotopic (exact) mass is 486 g/mol. The van der Waals surface area contributed by atoms with Gasteiger partial charge in [0.2, 0.25) is 0 Å². The van der Waals surface area contributed by atoms with Crippen molar-refractivity contribution in [2.24, 2.45) is 0 Å². The highest BCUT2D eigenvalue weighted by atomic mass is 35.5. The number of halogens is 9. The summed E-state index contributed by atoms with van der Waals surface area (Å²) in [5.41, 5.74) is -6.86. The second-order valence-electron chi connectivity index (χ2n) is 6.53. The van der Waals surface area contributed by atoms with Crippen LogP contribution in [0, 0.1) is 0 Å². The molecule has 1 heterocycles. The fourth-order valence-corrected chi connectivity index (χ4v) is 3.55. The normalized spacial score (nSPS) is 14.0. The minimum absolute atomic E-state index is 0.442. The average Bonchev–Trinajstić information content (AvgIpc) is 3.20. The summed E-state index contributed by atoms with van der Waals surface area (Å²) in [6.45, 7) is 1.19. The Balaban J connectivity index is 2.31. The topological polar surface area (TPSA) is 43.6 Å². The van der Waals surface area contributed by atoms with Gasteiger partial charge in [0.15, 0.2) is 12.0 Å². The maximum absolute atomic E-state index is 16.7. The van der Waals surface area contributed by atoms with Crippen molar-refractivity contribution in [2.75, 3.05) is 0 Å². The van der Waals surface area contributed by atoms with E-state index < -0.39 is 56.4 Å². The Kier molecular flexibility index (Phi) is 5.96. The molecule has 2 aromatic carbocycles. The van der Waals surface area contributed by atoms with Crippen molar-refractivity contribution >= 4 is 23.2 Å². The lowest BCUT2D eigenvalue weighted by Gasteiger charge is -2.32. The zero-order valence-electron chi connectivity index (χ0n) is 15.3. The minimum Gasteiger partial charge on any atom is -0.231 e. The molecule has 0 radical (unpaired) electrons. The zero-order chi connectivity index (χ0) is 23.2. The van der Waals surface area contributed by atoms with Crippen LogP contribution in [0.4, 0.5) is 30.7 Å². The number of alkyl halides is 7. The highest BCUT2D eigenvalue weighted by Gasteiger charge is 2.46. The van der Waals surface area contributed by atoms with Gasteiger partial charge in [0.25, 0.3) is 0 Å². The summed E-state index contributed by atoms with van der Waals surface area (Å²) in [5.74, 6) is 0. The van der Waals surface area contributed by atoms with Crippen molar-refractivity contribution in [3.8, 4) is 0 Å². The molecular formula is C18H11Cl2F7N4. The summed E-state index contributed by atoms with van der Waals surface area (Å²) in [5, 5.41) is 9.22. The molecule has 0 aliphatic rings. The molecule has 0 saturated carbocycles. The largest absolute Gasteiger partial charge is 0.417 e. The van der Waals surface area contributed by atoms with Crippen molar-refractivity contribution in [3.05, 3.63) is 75.0 Å². The molecule has 4 nitrogen and oxygen atoms in total. The van der Waals surface area contributed by atoms with E-state index in [0.717, 1.165) is 35.4 Å². The minimum atomic E-state index is -4.93. The van der Waals surface area contributed by atoms with Crippen LogP contribution in [0.15, 0.2) is 42.7 Å². The van der Waals surface area contributed by atoms with Crippen molar-refractivity contribution in [3.63, 3.8) is 0 Å². The van der Waals surface area contributed by atoms with Gasteiger partial charge in [-0.3, -0.25) is 0 Å². The fourth-order valence-electron chi connectivity index (χ4n) is 3.10. The maximum atomic E-state index is 16.7. The Morgan fingerprint density at radius 1 is 0.806 bits per heavy atom. The Morgan fingerprint density at radius 2 is 1.26 bits per heavy atom. The molecular weight excluding hydrogens is 476 g/mol. The van der Waals surface area contributed by atoms with Crippen LogP contribution in [0.5, 0.6) is 0 Å². The number of nitrogens with zero attached hydrogens (tertiary/aromatic N) is 4. The van der Waals surface area contributed by atoms with Gasteiger partial charge < -0.3 is 0 Å². The summed E-state index contributed by atoms with van der Waals surface area (Å²) in [6.07, 6.45) is -8.91. The molecule has 3 aromatic rings. The van der Waals surface area contributed by atoms with Gasteiger partial charge in [0, 0.05) is 0 Å². The van der Waals surface area contributed by atoms with Gasteiger partial charge >= 0.3 is 12.4 Å². The quantitative estimate of drug-likeness (QED) is 0.395. The number of aromatic nitrogens is 4. The lowest BCUT2D eigenvalue weighted by molar-refractivity contribution is -0.138. The van der Waals surface area contributed by atoms with E-state index in [4.69, 9.17) is 23.2 Å². The third kappa shape index (κ3) is 4.33. The van der Waals surface area contributed by atoms with Gasteiger partial charge in [-0.15, -0.1) is 10.2 Å². The first-order valence-corrected chi connectivity index (χ1v) is 9.17. The summed E-state index contributed by atoms with van der Waals surface area (Å²) in [4.78, 5) is 0.740. The third-order valence-electron chi connectivity index (χ3n) is 4.67. The summed E-state index contributed by atoms with van der Waals surface area (Å²) < 4.78 is 96.8. The predicted octanol–water partition coefficient (Wildman–Crippen LogP) is 6.49. The van der Waals surface area contributed by atoms with Crippen LogP contribution in [0.3, 0.4) is 0 Å². The molecule has 166 valence electrons. The first kappa shape index (κ1) is 23.3. The second kappa shape index (κ2) is 7.94. The van der Waals surface area contributed by atoms with Gasteiger partial charge in [0.1, 0.15) is 6.04 Å². The first-order valence-electron chi connectivity index (χ1n) is 8.42. The lowest BCUT2D eigenvalue weighted by atomic mass is 9.81. The van der Waals surface area contributed by atoms with E-state index in [1.54, 1.807) is 0 Å². The van der Waals surface area contributed by atoms with Crippen LogP contribution < -0.4 is 0 Å². The van der Waals surface area contributed by atoms with Crippen LogP contribution in [-0.4, -0.2) is 20.2 Å². The van der Waals surface area contributed by atoms with Gasteiger partial charge in [-0.25, -0.2) is 4.39 Å². The Hall–Kier alpha value is -2.40. The maximum Gasteiger partial charge on any atom is 0.417 e. The number of hydrogen-bond donors (Lipinski definition) is 0. The number of hydrogen-bond acceptors (Lipinski definition) is 3. The molecule has 0 fully saturated rings. The molecule has 1 atom stereocenters. The third-order valence-corrected chi connectivity index (χ3v) is 5.33. The van der Waals surface area contributed by atoms with Crippen molar-refractivity contribution in [1.29, 1.82) is 0 Å². The predicted molar refractivity (Wildman–Crippen MR) is 97.3 cm³/mol. The van der Waals surface area contributed by atoms with Gasteiger partial charge in [-0.05, 0) is 47.5 Å². The molecule has 0 bridgehead atoms. The Bertz CT molecular complexity index is 1020. The first-order chi connectivity index (χ1) is 14.3. The van der Waals surface area contributed by atoms with Crippen LogP contribution in [0.2, 0.25) is 10.0 Å². The van der Waals surface area contributed by atoms with E-state index in [1.165, 1.54) is 6.92 Å². The van der Waals surface area contributed by atoms with Gasteiger partial charge in [-0.2, -0.15) is 31.1 Å². The average molecular weight is 487 g/mol. The highest BCUT2D eigenvalue weighted by Crippen LogP contribution is 2.47. The zero-order valence-corrected chi connectivity index (χ0v) is 16.8. The molecule has 0 aliphatic heterocycles. The van der Waals surface area contributed by atoms with Crippen LogP contribution >= 0.6 is 23.2 Å². The molecule has 0 amide bonds. The van der Waals surface area contributed by atoms with Crippen molar-refractivity contribution < 1.29 is 30.7 Å². The Labute approximate surface area is 180 Å². The molecule has 0 saturated heterocycles. The second-order valence-corrected chi connectivity index (χ2v) is 7.34. The molecule has 0 N–H and O–H groups in total. The summed E-state index contributed by atoms with van der Waals surface area (Å²) in [6, 6.07) is 2.92. The molecule has 13 heteroatoms. The van der Waals surface area contributed by atoms with Crippen LogP contribution in [0.25, 0.3) is 0 Å². The van der Waals surface area contributed by atoms with E-state index in [1.807, 2.05) is 0 Å². The molecule has 0 spiro atoms. The van der Waals surface area contributed by atoms with Crippen LogP contribution in [-0.2, 0) is 18.0 Å². The fraction of sp³-hybridized carbons (Fsp3) is 0.278. The van der Waals surface area contributed by atoms with E-state index >= 15 is 4.39 Å². The van der Waals surface area contributed by atoms with Gasteiger partial charge in [-0.1, -0.05) is 35.3 Å². The van der Waals surface area contributed by atoms with Gasteiger partial charge in [0.05, 0.1) is 21.2 Å². The molecule has 31 heavy (non-hydrogen) atoms. The molecule has 1 unspecified atom stereocenters. The molecule has 0 aliphatic carbocycles.